The average molecular weight is 269 g/mol. The molecular weight excluding hydrogens is 250 g/mol. The Morgan fingerprint density at radius 1 is 1.53 bits per heavy atom. The van der Waals surface area contributed by atoms with Crippen LogP contribution in [0.1, 0.15) is 42.4 Å². The number of rotatable bonds is 8. The van der Waals surface area contributed by atoms with E-state index in [9.17, 15) is 14.9 Å². The highest BCUT2D eigenvalue weighted by molar-refractivity contribution is 5.96. The second-order valence-corrected chi connectivity index (χ2v) is 4.16. The summed E-state index contributed by atoms with van der Waals surface area (Å²) in [5.74, 6) is -0.526. The molecule has 0 saturated carbocycles. The maximum atomic E-state index is 11.8. The number of H-pyrrole nitrogens is 1. The van der Waals surface area contributed by atoms with Crippen LogP contribution in [0.15, 0.2) is 0 Å². The van der Waals surface area contributed by atoms with Gasteiger partial charge in [0.1, 0.15) is 5.69 Å². The molecule has 8 heteroatoms. The van der Waals surface area contributed by atoms with E-state index in [1.54, 1.807) is 0 Å². The Bertz CT molecular complexity index is 444. The van der Waals surface area contributed by atoms with Gasteiger partial charge in [-0.05, 0) is 25.8 Å². The lowest BCUT2D eigenvalue weighted by Gasteiger charge is -2.02. The zero-order valence-electron chi connectivity index (χ0n) is 10.9. The third-order valence-corrected chi connectivity index (χ3v) is 2.63. The van der Waals surface area contributed by atoms with Gasteiger partial charge in [-0.25, -0.2) is 0 Å². The molecule has 0 aliphatic heterocycles. The summed E-state index contributed by atoms with van der Waals surface area (Å²) in [6.07, 6.45) is 2.76. The fraction of sp³-hybridized carbons (Fsp3) is 0.636. The van der Waals surface area contributed by atoms with Crippen molar-refractivity contribution in [3.8, 4) is 0 Å². The molecule has 0 spiro atoms. The van der Waals surface area contributed by atoms with Gasteiger partial charge in [-0.1, -0.05) is 13.3 Å². The number of aromatic amines is 1. The molecule has 0 fully saturated rings. The maximum Gasteiger partial charge on any atom is 0.322 e. The van der Waals surface area contributed by atoms with Crippen molar-refractivity contribution in [2.24, 2.45) is 5.73 Å². The smallest absolute Gasteiger partial charge is 0.322 e. The van der Waals surface area contributed by atoms with Crippen LogP contribution in [-0.4, -0.2) is 34.1 Å². The van der Waals surface area contributed by atoms with Gasteiger partial charge in [0.15, 0.2) is 0 Å². The van der Waals surface area contributed by atoms with Gasteiger partial charge in [0.25, 0.3) is 5.91 Å². The van der Waals surface area contributed by atoms with Crippen LogP contribution in [0.4, 0.5) is 5.69 Å². The molecule has 0 unspecified atom stereocenters. The number of nitrogens with one attached hydrogen (secondary N) is 2. The molecule has 0 radical (unpaired) electrons. The highest BCUT2D eigenvalue weighted by atomic mass is 16.6. The molecular formula is C11H19N5O3. The van der Waals surface area contributed by atoms with Crippen LogP contribution in [0.5, 0.6) is 0 Å². The molecule has 8 nitrogen and oxygen atoms in total. The van der Waals surface area contributed by atoms with E-state index < -0.39 is 10.8 Å². The number of nitrogens with two attached hydrogens (primary N) is 1. The second-order valence-electron chi connectivity index (χ2n) is 4.16. The van der Waals surface area contributed by atoms with E-state index in [0.29, 0.717) is 25.2 Å². The van der Waals surface area contributed by atoms with E-state index in [1.807, 2.05) is 6.92 Å². The van der Waals surface area contributed by atoms with Gasteiger partial charge < -0.3 is 11.1 Å². The van der Waals surface area contributed by atoms with E-state index >= 15 is 0 Å². The molecule has 0 aliphatic rings. The van der Waals surface area contributed by atoms with Crippen molar-refractivity contribution in [2.75, 3.05) is 13.1 Å². The summed E-state index contributed by atoms with van der Waals surface area (Å²) in [6.45, 7) is 2.89. The molecule has 106 valence electrons. The molecule has 0 bridgehead atoms. The van der Waals surface area contributed by atoms with Crippen LogP contribution in [0, 0.1) is 10.1 Å². The highest BCUT2D eigenvalue weighted by Gasteiger charge is 2.28. The van der Waals surface area contributed by atoms with E-state index in [0.717, 1.165) is 19.3 Å². The van der Waals surface area contributed by atoms with Crippen LogP contribution in [0.25, 0.3) is 0 Å². The predicted molar refractivity (Wildman–Crippen MR) is 69.9 cm³/mol. The summed E-state index contributed by atoms with van der Waals surface area (Å²) in [6, 6.07) is 0. The van der Waals surface area contributed by atoms with Crippen molar-refractivity contribution in [3.63, 3.8) is 0 Å². The lowest BCUT2D eigenvalue weighted by atomic mass is 10.2. The Hall–Kier alpha value is -1.96. The molecule has 1 amide bonds. The summed E-state index contributed by atoms with van der Waals surface area (Å²) in [5.41, 5.74) is 5.35. The number of aromatic nitrogens is 2. The van der Waals surface area contributed by atoms with Gasteiger partial charge in [-0.2, -0.15) is 5.10 Å². The SMILES string of the molecule is CCCc1[nH]nc(C(=O)NCCCCN)c1[N+](=O)[O-]. The first kappa shape index (κ1) is 15.1. The van der Waals surface area contributed by atoms with Crippen LogP contribution in [0.3, 0.4) is 0 Å². The van der Waals surface area contributed by atoms with Crippen LogP contribution in [0.2, 0.25) is 0 Å². The van der Waals surface area contributed by atoms with Gasteiger partial charge in [0.2, 0.25) is 5.69 Å². The van der Waals surface area contributed by atoms with Crippen molar-refractivity contribution in [1.82, 2.24) is 15.5 Å². The molecule has 0 atom stereocenters. The molecule has 1 rings (SSSR count). The minimum Gasteiger partial charge on any atom is -0.350 e. The van der Waals surface area contributed by atoms with Gasteiger partial charge >= 0.3 is 5.69 Å². The molecule has 1 heterocycles. The first-order chi connectivity index (χ1) is 9.11. The van der Waals surface area contributed by atoms with Crippen LogP contribution < -0.4 is 11.1 Å². The number of hydrogen-bond donors (Lipinski definition) is 3. The van der Waals surface area contributed by atoms with E-state index in [1.165, 1.54) is 0 Å². The quantitative estimate of drug-likeness (QED) is 0.364. The average Bonchev–Trinajstić information content (AvgIpc) is 2.79. The largest absolute Gasteiger partial charge is 0.350 e. The molecule has 0 aromatic carbocycles. The summed E-state index contributed by atoms with van der Waals surface area (Å²) in [4.78, 5) is 22.3. The maximum absolute atomic E-state index is 11.8. The number of nitro groups is 1. The fourth-order valence-electron chi connectivity index (χ4n) is 1.71. The standard InChI is InChI=1S/C11H19N5O3/c1-2-5-8-10(16(18)19)9(15-14-8)11(17)13-7-4-3-6-12/h2-7,12H2,1H3,(H,13,17)(H,14,15). The number of nitrogens with zero attached hydrogens (tertiary/aromatic N) is 2. The van der Waals surface area contributed by atoms with Crippen LogP contribution >= 0.6 is 0 Å². The topological polar surface area (TPSA) is 127 Å². The normalized spacial score (nSPS) is 10.4. The molecule has 4 N–H and O–H groups in total. The van der Waals surface area contributed by atoms with Crippen molar-refractivity contribution in [1.29, 1.82) is 0 Å². The third kappa shape index (κ3) is 4.02. The van der Waals surface area contributed by atoms with Crippen molar-refractivity contribution in [2.45, 2.75) is 32.6 Å². The minimum absolute atomic E-state index is 0.152. The van der Waals surface area contributed by atoms with E-state index in [4.69, 9.17) is 5.73 Å². The molecule has 19 heavy (non-hydrogen) atoms. The zero-order valence-corrected chi connectivity index (χ0v) is 10.9. The Morgan fingerprint density at radius 2 is 2.26 bits per heavy atom. The van der Waals surface area contributed by atoms with Crippen molar-refractivity contribution in [3.05, 3.63) is 21.5 Å². The first-order valence-electron chi connectivity index (χ1n) is 6.31. The van der Waals surface area contributed by atoms with E-state index in [-0.39, 0.29) is 11.4 Å². The Morgan fingerprint density at radius 3 is 2.84 bits per heavy atom. The molecule has 0 aliphatic carbocycles. The summed E-state index contributed by atoms with van der Waals surface area (Å²) in [7, 11) is 0. The lowest BCUT2D eigenvalue weighted by Crippen LogP contribution is -2.26. The second kappa shape index (κ2) is 7.47. The van der Waals surface area contributed by atoms with Crippen molar-refractivity contribution >= 4 is 11.6 Å². The molecule has 0 saturated heterocycles. The first-order valence-corrected chi connectivity index (χ1v) is 6.31. The molecule has 1 aromatic heterocycles. The number of aryl methyl sites for hydroxylation is 1. The fourth-order valence-corrected chi connectivity index (χ4v) is 1.71. The third-order valence-electron chi connectivity index (χ3n) is 2.63. The Balaban J connectivity index is 2.76. The summed E-state index contributed by atoms with van der Waals surface area (Å²) in [5, 5.41) is 19.9. The monoisotopic (exact) mass is 269 g/mol. The van der Waals surface area contributed by atoms with Gasteiger partial charge in [0.05, 0.1) is 4.92 Å². The van der Waals surface area contributed by atoms with E-state index in [2.05, 4.69) is 15.5 Å². The number of hydrogen-bond acceptors (Lipinski definition) is 5. The lowest BCUT2D eigenvalue weighted by molar-refractivity contribution is -0.385. The summed E-state index contributed by atoms with van der Waals surface area (Å²) >= 11 is 0. The predicted octanol–water partition coefficient (Wildman–Crippen LogP) is 0.739. The number of carbonyl (C=O) groups is 1. The molecule has 1 aromatic rings. The van der Waals surface area contributed by atoms with Crippen LogP contribution in [-0.2, 0) is 6.42 Å². The number of amides is 1. The zero-order chi connectivity index (χ0) is 14.3. The Kier molecular flexibility index (Phi) is 5.94. The minimum atomic E-state index is -0.566. The number of unbranched alkanes of at least 4 members (excludes halogenated alkanes) is 1. The van der Waals surface area contributed by atoms with Gasteiger partial charge in [0, 0.05) is 6.54 Å². The van der Waals surface area contributed by atoms with Gasteiger partial charge in [-0.15, -0.1) is 0 Å². The number of carbonyl (C=O) groups excluding carboxylic acids is 1. The van der Waals surface area contributed by atoms with Gasteiger partial charge in [-0.3, -0.25) is 20.0 Å². The van der Waals surface area contributed by atoms with Crippen molar-refractivity contribution < 1.29 is 9.72 Å². The Labute approximate surface area is 110 Å². The highest BCUT2D eigenvalue weighted by Crippen LogP contribution is 2.22. The summed E-state index contributed by atoms with van der Waals surface area (Å²) < 4.78 is 0.